The Hall–Kier alpha value is -0.990. The van der Waals surface area contributed by atoms with E-state index in [1.165, 1.54) is 24.1 Å². The quantitative estimate of drug-likeness (QED) is 0.655. The molecule has 1 aromatic rings. The molecule has 1 heterocycles. The molecule has 3 heteroatoms. The summed E-state index contributed by atoms with van der Waals surface area (Å²) >= 11 is 0. The van der Waals surface area contributed by atoms with E-state index in [1.807, 2.05) is 11.7 Å². The summed E-state index contributed by atoms with van der Waals surface area (Å²) in [5, 5.41) is 4.17. The molecule has 2 N–H and O–H groups in total. The second-order valence-corrected chi connectivity index (χ2v) is 3.29. The smallest absolute Gasteiger partial charge is 0.148 e. The predicted octanol–water partition coefficient (Wildman–Crippen LogP) is 1.19. The SMILES string of the molecule is Cc1c(N)nn(C)c1C1CC1. The lowest BCUT2D eigenvalue weighted by Crippen LogP contribution is -1.96. The minimum atomic E-state index is 0.689. The third-order valence-corrected chi connectivity index (χ3v) is 2.34. The molecular weight excluding hydrogens is 138 g/mol. The zero-order valence-electron chi connectivity index (χ0n) is 6.96. The summed E-state index contributed by atoms with van der Waals surface area (Å²) in [6, 6.07) is 0. The first-order valence-corrected chi connectivity index (χ1v) is 3.99. The fourth-order valence-electron chi connectivity index (χ4n) is 1.59. The van der Waals surface area contributed by atoms with Crippen molar-refractivity contribution in [1.29, 1.82) is 0 Å². The molecule has 0 atom stereocenters. The molecule has 1 aliphatic carbocycles. The lowest BCUT2D eigenvalue weighted by Gasteiger charge is -1.98. The van der Waals surface area contributed by atoms with Gasteiger partial charge >= 0.3 is 0 Å². The number of anilines is 1. The molecule has 0 radical (unpaired) electrons. The number of nitrogens with zero attached hydrogens (tertiary/aromatic N) is 2. The van der Waals surface area contributed by atoms with Gasteiger partial charge in [0.05, 0.1) is 0 Å². The molecule has 0 aromatic carbocycles. The van der Waals surface area contributed by atoms with Crippen molar-refractivity contribution in [2.45, 2.75) is 25.7 Å². The number of aryl methyl sites for hydroxylation is 1. The minimum absolute atomic E-state index is 0.689. The van der Waals surface area contributed by atoms with Crippen LogP contribution in [0.25, 0.3) is 0 Å². The Balaban J connectivity index is 2.50. The fraction of sp³-hybridized carbons (Fsp3) is 0.625. The van der Waals surface area contributed by atoms with Gasteiger partial charge in [-0.3, -0.25) is 4.68 Å². The highest BCUT2D eigenvalue weighted by atomic mass is 15.3. The monoisotopic (exact) mass is 151 g/mol. The topological polar surface area (TPSA) is 43.8 Å². The Morgan fingerprint density at radius 2 is 2.18 bits per heavy atom. The van der Waals surface area contributed by atoms with Crippen LogP contribution in [0.1, 0.15) is 30.0 Å². The van der Waals surface area contributed by atoms with Crippen LogP contribution in [-0.2, 0) is 7.05 Å². The summed E-state index contributed by atoms with van der Waals surface area (Å²) in [6.07, 6.45) is 2.61. The van der Waals surface area contributed by atoms with Crippen LogP contribution in [-0.4, -0.2) is 9.78 Å². The highest BCUT2D eigenvalue weighted by Gasteiger charge is 2.29. The number of aromatic nitrogens is 2. The first-order valence-electron chi connectivity index (χ1n) is 3.99. The summed E-state index contributed by atoms with van der Waals surface area (Å²) in [4.78, 5) is 0. The average Bonchev–Trinajstić information content (AvgIpc) is 2.68. The van der Waals surface area contributed by atoms with Gasteiger partial charge < -0.3 is 5.73 Å². The third-order valence-electron chi connectivity index (χ3n) is 2.34. The molecular formula is C8H13N3. The van der Waals surface area contributed by atoms with Crippen LogP contribution >= 0.6 is 0 Å². The van der Waals surface area contributed by atoms with E-state index in [2.05, 4.69) is 12.0 Å². The molecule has 0 unspecified atom stereocenters. The zero-order valence-corrected chi connectivity index (χ0v) is 6.96. The number of nitrogen functional groups attached to an aromatic ring is 1. The Bertz CT molecular complexity index is 284. The van der Waals surface area contributed by atoms with Crippen LogP contribution in [0.3, 0.4) is 0 Å². The zero-order chi connectivity index (χ0) is 8.01. The van der Waals surface area contributed by atoms with Crippen molar-refractivity contribution >= 4 is 5.82 Å². The van der Waals surface area contributed by atoms with Crippen molar-refractivity contribution in [3.05, 3.63) is 11.3 Å². The van der Waals surface area contributed by atoms with Gasteiger partial charge in [0.15, 0.2) is 0 Å². The molecule has 0 saturated heterocycles. The molecule has 0 bridgehead atoms. The Kier molecular flexibility index (Phi) is 1.22. The van der Waals surface area contributed by atoms with Crippen molar-refractivity contribution in [2.75, 3.05) is 5.73 Å². The van der Waals surface area contributed by atoms with E-state index >= 15 is 0 Å². The summed E-state index contributed by atoms with van der Waals surface area (Å²) in [5.74, 6) is 1.43. The van der Waals surface area contributed by atoms with Crippen molar-refractivity contribution < 1.29 is 0 Å². The van der Waals surface area contributed by atoms with E-state index in [0.29, 0.717) is 5.82 Å². The van der Waals surface area contributed by atoms with Crippen molar-refractivity contribution in [3.63, 3.8) is 0 Å². The second-order valence-electron chi connectivity index (χ2n) is 3.29. The Morgan fingerprint density at radius 3 is 2.55 bits per heavy atom. The first-order chi connectivity index (χ1) is 5.20. The van der Waals surface area contributed by atoms with Gasteiger partial charge in [0, 0.05) is 24.2 Å². The maximum atomic E-state index is 5.68. The first kappa shape index (κ1) is 6.70. The van der Waals surface area contributed by atoms with E-state index < -0.39 is 0 Å². The molecule has 11 heavy (non-hydrogen) atoms. The van der Waals surface area contributed by atoms with Crippen molar-refractivity contribution in [2.24, 2.45) is 7.05 Å². The maximum Gasteiger partial charge on any atom is 0.148 e. The summed E-state index contributed by atoms with van der Waals surface area (Å²) in [6.45, 7) is 2.05. The van der Waals surface area contributed by atoms with E-state index in [-0.39, 0.29) is 0 Å². The van der Waals surface area contributed by atoms with Crippen molar-refractivity contribution in [1.82, 2.24) is 9.78 Å². The molecule has 1 fully saturated rings. The van der Waals surface area contributed by atoms with Gasteiger partial charge in [-0.15, -0.1) is 0 Å². The van der Waals surface area contributed by atoms with Gasteiger partial charge in [0.2, 0.25) is 0 Å². The van der Waals surface area contributed by atoms with Crippen molar-refractivity contribution in [3.8, 4) is 0 Å². The number of hydrogen-bond acceptors (Lipinski definition) is 2. The summed E-state index contributed by atoms with van der Waals surface area (Å²) < 4.78 is 1.92. The standard InChI is InChI=1S/C8H13N3/c1-5-7(6-3-4-6)11(2)10-8(5)9/h6H,3-4H2,1-2H3,(H2,9,10). The Morgan fingerprint density at radius 1 is 1.55 bits per heavy atom. The van der Waals surface area contributed by atoms with Crippen LogP contribution in [0.15, 0.2) is 0 Å². The molecule has 0 aliphatic heterocycles. The van der Waals surface area contributed by atoms with Gasteiger partial charge in [0.25, 0.3) is 0 Å². The van der Waals surface area contributed by atoms with Gasteiger partial charge in [0.1, 0.15) is 5.82 Å². The summed E-state index contributed by atoms with van der Waals surface area (Å²) in [7, 11) is 1.97. The number of hydrogen-bond donors (Lipinski definition) is 1. The Labute approximate surface area is 66.2 Å². The van der Waals surface area contributed by atoms with Gasteiger partial charge in [-0.25, -0.2) is 0 Å². The molecule has 3 nitrogen and oxygen atoms in total. The maximum absolute atomic E-state index is 5.68. The molecule has 1 aromatic heterocycles. The average molecular weight is 151 g/mol. The highest BCUT2D eigenvalue weighted by Crippen LogP contribution is 2.42. The fourth-order valence-corrected chi connectivity index (χ4v) is 1.59. The van der Waals surface area contributed by atoms with Gasteiger partial charge in [-0.2, -0.15) is 5.10 Å². The van der Waals surface area contributed by atoms with E-state index in [1.54, 1.807) is 0 Å². The lowest BCUT2D eigenvalue weighted by molar-refractivity contribution is 0.714. The predicted molar refractivity (Wildman–Crippen MR) is 44.3 cm³/mol. The van der Waals surface area contributed by atoms with Crippen LogP contribution in [0.5, 0.6) is 0 Å². The molecule has 0 spiro atoms. The normalized spacial score (nSPS) is 17.3. The molecule has 60 valence electrons. The van der Waals surface area contributed by atoms with E-state index in [9.17, 15) is 0 Å². The molecule has 0 amide bonds. The largest absolute Gasteiger partial charge is 0.382 e. The van der Waals surface area contributed by atoms with E-state index in [4.69, 9.17) is 5.73 Å². The summed E-state index contributed by atoms with van der Waals surface area (Å²) in [5.41, 5.74) is 8.19. The minimum Gasteiger partial charge on any atom is -0.382 e. The molecule has 1 aliphatic rings. The number of nitrogens with two attached hydrogens (primary N) is 1. The number of rotatable bonds is 1. The van der Waals surface area contributed by atoms with Crippen LogP contribution in [0, 0.1) is 6.92 Å². The van der Waals surface area contributed by atoms with Gasteiger partial charge in [-0.05, 0) is 19.8 Å². The van der Waals surface area contributed by atoms with Gasteiger partial charge in [-0.1, -0.05) is 0 Å². The lowest BCUT2D eigenvalue weighted by atomic mass is 10.2. The van der Waals surface area contributed by atoms with Crippen LogP contribution in [0.2, 0.25) is 0 Å². The highest BCUT2D eigenvalue weighted by molar-refractivity contribution is 5.43. The van der Waals surface area contributed by atoms with E-state index in [0.717, 1.165) is 5.92 Å². The van der Waals surface area contributed by atoms with Crippen LogP contribution < -0.4 is 5.73 Å². The second kappa shape index (κ2) is 2.00. The third kappa shape index (κ3) is 0.914. The molecule has 2 rings (SSSR count). The van der Waals surface area contributed by atoms with Crippen LogP contribution in [0.4, 0.5) is 5.82 Å². The molecule has 1 saturated carbocycles.